The quantitative estimate of drug-likeness (QED) is 0.469. The molecular formula is C12H28N2O2. The minimum absolute atomic E-state index is 0.146. The third-order valence-electron chi connectivity index (χ3n) is 3.36. The lowest BCUT2D eigenvalue weighted by Gasteiger charge is -2.39. The van der Waals surface area contributed by atoms with E-state index in [1.165, 1.54) is 0 Å². The van der Waals surface area contributed by atoms with Crippen LogP contribution >= 0.6 is 0 Å². The summed E-state index contributed by atoms with van der Waals surface area (Å²) < 4.78 is 11.0. The molecule has 3 atom stereocenters. The van der Waals surface area contributed by atoms with Gasteiger partial charge in [0.2, 0.25) is 0 Å². The fourth-order valence-corrected chi connectivity index (χ4v) is 2.15. The van der Waals surface area contributed by atoms with Crippen molar-refractivity contribution in [1.82, 2.24) is 5.43 Å². The maximum Gasteiger partial charge on any atom is 0.0820 e. The van der Waals surface area contributed by atoms with E-state index in [9.17, 15) is 0 Å². The zero-order valence-corrected chi connectivity index (χ0v) is 11.4. The highest BCUT2D eigenvalue weighted by molar-refractivity contribution is 4.90. The van der Waals surface area contributed by atoms with Crippen LogP contribution in [0.15, 0.2) is 0 Å². The van der Waals surface area contributed by atoms with Crippen molar-refractivity contribution in [2.75, 3.05) is 20.3 Å². The molecule has 3 N–H and O–H groups in total. The van der Waals surface area contributed by atoms with Crippen LogP contribution in [0, 0.1) is 5.92 Å². The second-order valence-corrected chi connectivity index (χ2v) is 4.50. The smallest absolute Gasteiger partial charge is 0.0820 e. The van der Waals surface area contributed by atoms with Crippen molar-refractivity contribution in [1.29, 1.82) is 0 Å². The maximum atomic E-state index is 5.85. The van der Waals surface area contributed by atoms with Crippen molar-refractivity contribution in [2.24, 2.45) is 11.8 Å². The molecule has 0 heterocycles. The van der Waals surface area contributed by atoms with Gasteiger partial charge in [0, 0.05) is 20.3 Å². The number of ether oxygens (including phenoxy) is 2. The van der Waals surface area contributed by atoms with Crippen molar-refractivity contribution in [2.45, 2.75) is 52.2 Å². The summed E-state index contributed by atoms with van der Waals surface area (Å²) in [5, 5.41) is 0. The lowest BCUT2D eigenvalue weighted by molar-refractivity contribution is -0.0698. The van der Waals surface area contributed by atoms with E-state index < -0.39 is 0 Å². The lowest BCUT2D eigenvalue weighted by atomic mass is 9.83. The first-order valence-corrected chi connectivity index (χ1v) is 6.14. The molecule has 0 rings (SSSR count). The molecule has 0 aliphatic heterocycles. The number of rotatable bonds is 9. The summed E-state index contributed by atoms with van der Waals surface area (Å²) in [6.45, 7) is 9.90. The summed E-state index contributed by atoms with van der Waals surface area (Å²) in [6.07, 6.45) is 1.92. The van der Waals surface area contributed by atoms with Crippen LogP contribution in [0.2, 0.25) is 0 Å². The number of hydrazine groups is 1. The van der Waals surface area contributed by atoms with Gasteiger partial charge in [-0.15, -0.1) is 0 Å². The van der Waals surface area contributed by atoms with Crippen LogP contribution in [0.25, 0.3) is 0 Å². The van der Waals surface area contributed by atoms with Gasteiger partial charge in [-0.3, -0.25) is 11.3 Å². The Kier molecular flexibility index (Phi) is 7.93. The van der Waals surface area contributed by atoms with E-state index in [4.69, 9.17) is 15.3 Å². The van der Waals surface area contributed by atoms with Gasteiger partial charge in [0.05, 0.1) is 11.6 Å². The number of nitrogens with one attached hydrogen (secondary N) is 1. The van der Waals surface area contributed by atoms with Crippen molar-refractivity contribution >= 4 is 0 Å². The van der Waals surface area contributed by atoms with Crippen LogP contribution < -0.4 is 11.3 Å². The Bertz CT molecular complexity index is 178. The molecule has 0 saturated carbocycles. The van der Waals surface area contributed by atoms with E-state index in [-0.39, 0.29) is 11.6 Å². The molecule has 0 amide bonds. The predicted octanol–water partition coefficient (Wildman–Crippen LogP) is 1.70. The Morgan fingerprint density at radius 1 is 1.38 bits per heavy atom. The van der Waals surface area contributed by atoms with Crippen LogP contribution in [-0.2, 0) is 9.47 Å². The molecule has 0 saturated heterocycles. The number of methoxy groups -OCH3 is 1. The van der Waals surface area contributed by atoms with Gasteiger partial charge in [0.15, 0.2) is 0 Å². The molecule has 4 nitrogen and oxygen atoms in total. The molecule has 16 heavy (non-hydrogen) atoms. The number of nitrogens with two attached hydrogens (primary N) is 1. The molecule has 0 aliphatic rings. The molecule has 0 bridgehead atoms. The van der Waals surface area contributed by atoms with Crippen LogP contribution in [0.3, 0.4) is 0 Å². The van der Waals surface area contributed by atoms with Crippen molar-refractivity contribution in [3.8, 4) is 0 Å². The summed E-state index contributed by atoms with van der Waals surface area (Å²) in [5.74, 6) is 6.08. The Hall–Kier alpha value is -0.160. The summed E-state index contributed by atoms with van der Waals surface area (Å²) >= 11 is 0. The molecule has 0 aromatic heterocycles. The number of hydrogen-bond acceptors (Lipinski definition) is 4. The van der Waals surface area contributed by atoms with Gasteiger partial charge in [-0.2, -0.15) is 0 Å². The summed E-state index contributed by atoms with van der Waals surface area (Å²) in [7, 11) is 1.72. The van der Waals surface area contributed by atoms with E-state index in [0.717, 1.165) is 19.4 Å². The van der Waals surface area contributed by atoms with Gasteiger partial charge >= 0.3 is 0 Å². The summed E-state index contributed by atoms with van der Waals surface area (Å²) in [6, 6.07) is 0.146. The highest BCUT2D eigenvalue weighted by Crippen LogP contribution is 2.26. The first-order valence-electron chi connectivity index (χ1n) is 6.14. The van der Waals surface area contributed by atoms with E-state index in [0.29, 0.717) is 12.5 Å². The Labute approximate surface area is 99.8 Å². The second-order valence-electron chi connectivity index (χ2n) is 4.50. The summed E-state index contributed by atoms with van der Waals surface area (Å²) in [5.41, 5.74) is 2.69. The van der Waals surface area contributed by atoms with Crippen molar-refractivity contribution in [3.05, 3.63) is 0 Å². The third kappa shape index (κ3) is 4.37. The predicted molar refractivity (Wildman–Crippen MR) is 67.1 cm³/mol. The molecule has 0 aromatic rings. The largest absolute Gasteiger partial charge is 0.385 e. The minimum Gasteiger partial charge on any atom is -0.385 e. The fraction of sp³-hybridized carbons (Fsp3) is 1.00. The second kappa shape index (κ2) is 8.01. The van der Waals surface area contributed by atoms with Gasteiger partial charge in [0.1, 0.15) is 0 Å². The molecule has 0 fully saturated rings. The lowest BCUT2D eigenvalue weighted by Crippen LogP contribution is -2.56. The standard InChI is InChI=1S/C12H28N2O2/c1-6-12(4,16-7-2)11(14-13)10(3)8-9-15-5/h10-11,14H,6-9,13H2,1-5H3. The van der Waals surface area contributed by atoms with Crippen LogP contribution in [0.1, 0.15) is 40.5 Å². The molecule has 98 valence electrons. The molecule has 0 spiro atoms. The Morgan fingerprint density at radius 3 is 2.38 bits per heavy atom. The van der Waals surface area contributed by atoms with Crippen LogP contribution in [-0.4, -0.2) is 32.0 Å². The van der Waals surface area contributed by atoms with Crippen molar-refractivity contribution < 1.29 is 9.47 Å². The first kappa shape index (κ1) is 15.8. The average molecular weight is 232 g/mol. The van der Waals surface area contributed by atoms with E-state index in [1.54, 1.807) is 7.11 Å². The average Bonchev–Trinajstić information content (AvgIpc) is 2.27. The zero-order chi connectivity index (χ0) is 12.6. The Balaban J connectivity index is 4.52. The normalized spacial score (nSPS) is 19.1. The molecule has 0 aromatic carbocycles. The highest BCUT2D eigenvalue weighted by Gasteiger charge is 2.36. The number of hydrogen-bond donors (Lipinski definition) is 2. The van der Waals surface area contributed by atoms with E-state index in [1.807, 2.05) is 6.92 Å². The van der Waals surface area contributed by atoms with Gasteiger partial charge in [-0.05, 0) is 32.6 Å². The Morgan fingerprint density at radius 2 is 2.00 bits per heavy atom. The SMILES string of the molecule is CCOC(C)(CC)C(NN)C(C)CCOC. The monoisotopic (exact) mass is 232 g/mol. The van der Waals surface area contributed by atoms with Gasteiger partial charge < -0.3 is 9.47 Å². The van der Waals surface area contributed by atoms with E-state index >= 15 is 0 Å². The van der Waals surface area contributed by atoms with Gasteiger partial charge in [-0.1, -0.05) is 13.8 Å². The van der Waals surface area contributed by atoms with Crippen LogP contribution in [0.5, 0.6) is 0 Å². The summed E-state index contributed by atoms with van der Waals surface area (Å²) in [4.78, 5) is 0. The molecule has 0 radical (unpaired) electrons. The zero-order valence-electron chi connectivity index (χ0n) is 11.4. The molecule has 0 aliphatic carbocycles. The van der Waals surface area contributed by atoms with Crippen LogP contribution in [0.4, 0.5) is 0 Å². The first-order chi connectivity index (χ1) is 7.55. The highest BCUT2D eigenvalue weighted by atomic mass is 16.5. The van der Waals surface area contributed by atoms with Crippen molar-refractivity contribution in [3.63, 3.8) is 0 Å². The van der Waals surface area contributed by atoms with Gasteiger partial charge in [-0.25, -0.2) is 0 Å². The maximum absolute atomic E-state index is 5.85. The van der Waals surface area contributed by atoms with Gasteiger partial charge in [0.25, 0.3) is 0 Å². The fourth-order valence-electron chi connectivity index (χ4n) is 2.15. The third-order valence-corrected chi connectivity index (χ3v) is 3.36. The van der Waals surface area contributed by atoms with E-state index in [2.05, 4.69) is 26.2 Å². The molecule has 3 unspecified atom stereocenters. The molecule has 4 heteroatoms. The topological polar surface area (TPSA) is 56.5 Å². The molecular weight excluding hydrogens is 204 g/mol. The minimum atomic E-state index is -0.212.